The molecule has 0 bridgehead atoms. The first-order valence-corrected chi connectivity index (χ1v) is 4.34. The maximum Gasteiger partial charge on any atom is 0.125 e. The molecule has 3 heteroatoms. The summed E-state index contributed by atoms with van der Waals surface area (Å²) in [5.41, 5.74) is 1.95. The summed E-state index contributed by atoms with van der Waals surface area (Å²) >= 11 is 0. The van der Waals surface area contributed by atoms with Crippen LogP contribution in [0.4, 0.5) is 4.39 Å². The molecule has 2 rings (SSSR count). The summed E-state index contributed by atoms with van der Waals surface area (Å²) in [7, 11) is 2.08. The third-order valence-electron chi connectivity index (χ3n) is 2.18. The highest BCUT2D eigenvalue weighted by molar-refractivity contribution is 6.09. The van der Waals surface area contributed by atoms with E-state index in [1.165, 1.54) is 17.7 Å². The van der Waals surface area contributed by atoms with E-state index in [2.05, 4.69) is 12.8 Å². The Hall–Kier alpha value is -1.38. The predicted octanol–water partition coefficient (Wildman–Crippen LogP) is 1.51. The standard InChI is InChI=1S/C10H9BFN/c11-6-7-3-4-13-10-5-8(12)1-2-9(7)10/h1-5H,6,11H2. The average Bonchev–Trinajstić information content (AvgIpc) is 2.16. The minimum Gasteiger partial charge on any atom is -0.256 e. The van der Waals surface area contributed by atoms with E-state index < -0.39 is 0 Å². The van der Waals surface area contributed by atoms with Crippen LogP contribution in [0, 0.1) is 5.82 Å². The molecular weight excluding hydrogens is 164 g/mol. The molecule has 1 nitrogen and oxygen atoms in total. The van der Waals surface area contributed by atoms with Crippen molar-refractivity contribution in [2.45, 2.75) is 6.32 Å². The molecule has 0 saturated carbocycles. The van der Waals surface area contributed by atoms with Gasteiger partial charge in [0.1, 0.15) is 13.7 Å². The number of nitrogens with zero attached hydrogens (tertiary/aromatic N) is 1. The molecule has 0 saturated heterocycles. The van der Waals surface area contributed by atoms with Crippen molar-refractivity contribution < 1.29 is 4.39 Å². The molecule has 0 amide bonds. The second kappa shape index (κ2) is 3.17. The van der Waals surface area contributed by atoms with E-state index in [0.717, 1.165) is 17.2 Å². The Labute approximate surface area is 77.0 Å². The first-order valence-electron chi connectivity index (χ1n) is 4.34. The second-order valence-electron chi connectivity index (χ2n) is 2.99. The van der Waals surface area contributed by atoms with E-state index in [-0.39, 0.29) is 5.82 Å². The van der Waals surface area contributed by atoms with Crippen LogP contribution in [0.15, 0.2) is 30.5 Å². The zero-order chi connectivity index (χ0) is 9.26. The minimum absolute atomic E-state index is 0.228. The van der Waals surface area contributed by atoms with Gasteiger partial charge in [0.05, 0.1) is 5.52 Å². The van der Waals surface area contributed by atoms with Gasteiger partial charge in [0.15, 0.2) is 0 Å². The Kier molecular flexibility index (Phi) is 2.01. The summed E-state index contributed by atoms with van der Waals surface area (Å²) in [5.74, 6) is -0.228. The van der Waals surface area contributed by atoms with Crippen LogP contribution in [-0.2, 0) is 6.32 Å². The Bertz CT molecular complexity index is 442. The Morgan fingerprint density at radius 1 is 1.31 bits per heavy atom. The third kappa shape index (κ3) is 1.42. The molecule has 0 spiro atoms. The van der Waals surface area contributed by atoms with Crippen molar-refractivity contribution in [2.24, 2.45) is 0 Å². The molecule has 13 heavy (non-hydrogen) atoms. The number of hydrogen-bond acceptors (Lipinski definition) is 1. The van der Waals surface area contributed by atoms with Crippen molar-refractivity contribution in [3.8, 4) is 0 Å². The lowest BCUT2D eigenvalue weighted by atomic mass is 9.94. The molecular formula is C10H9BFN. The van der Waals surface area contributed by atoms with Crippen LogP contribution < -0.4 is 0 Å². The van der Waals surface area contributed by atoms with Gasteiger partial charge < -0.3 is 0 Å². The van der Waals surface area contributed by atoms with Gasteiger partial charge in [-0.3, -0.25) is 4.98 Å². The second-order valence-corrected chi connectivity index (χ2v) is 2.99. The van der Waals surface area contributed by atoms with Crippen molar-refractivity contribution in [3.05, 3.63) is 41.8 Å². The van der Waals surface area contributed by atoms with Gasteiger partial charge in [0.2, 0.25) is 0 Å². The fourth-order valence-corrected chi connectivity index (χ4v) is 1.49. The van der Waals surface area contributed by atoms with Gasteiger partial charge in [0, 0.05) is 17.6 Å². The molecule has 0 atom stereocenters. The van der Waals surface area contributed by atoms with Crippen LogP contribution >= 0.6 is 0 Å². The van der Waals surface area contributed by atoms with E-state index >= 15 is 0 Å². The highest BCUT2D eigenvalue weighted by atomic mass is 19.1. The summed E-state index contributed by atoms with van der Waals surface area (Å²) in [5, 5.41) is 1.05. The molecule has 0 aliphatic heterocycles. The maximum absolute atomic E-state index is 12.8. The number of fused-ring (bicyclic) bond motifs is 1. The van der Waals surface area contributed by atoms with Crippen molar-refractivity contribution in [1.29, 1.82) is 0 Å². The largest absolute Gasteiger partial charge is 0.256 e. The third-order valence-corrected chi connectivity index (χ3v) is 2.18. The monoisotopic (exact) mass is 173 g/mol. The van der Waals surface area contributed by atoms with Crippen molar-refractivity contribution >= 4 is 18.7 Å². The Morgan fingerprint density at radius 3 is 2.92 bits per heavy atom. The minimum atomic E-state index is -0.228. The number of hydrogen-bond donors (Lipinski definition) is 0. The predicted molar refractivity (Wildman–Crippen MR) is 53.9 cm³/mol. The summed E-state index contributed by atoms with van der Waals surface area (Å²) in [6.07, 6.45) is 2.67. The normalized spacial score (nSPS) is 10.5. The van der Waals surface area contributed by atoms with Crippen LogP contribution in [0.3, 0.4) is 0 Å². The van der Waals surface area contributed by atoms with E-state index in [1.807, 2.05) is 6.07 Å². The lowest BCUT2D eigenvalue weighted by molar-refractivity contribution is 0.629. The Balaban J connectivity index is 2.77. The van der Waals surface area contributed by atoms with Gasteiger partial charge in [-0.15, -0.1) is 0 Å². The van der Waals surface area contributed by atoms with Crippen molar-refractivity contribution in [1.82, 2.24) is 4.98 Å². The van der Waals surface area contributed by atoms with Gasteiger partial charge in [-0.25, -0.2) is 4.39 Å². The molecule has 0 aliphatic rings. The molecule has 1 aromatic heterocycles. The lowest BCUT2D eigenvalue weighted by Crippen LogP contribution is -1.89. The SMILES string of the molecule is BCc1ccnc2cc(F)ccc12. The van der Waals surface area contributed by atoms with Gasteiger partial charge in [-0.2, -0.15) is 0 Å². The van der Waals surface area contributed by atoms with Crippen LogP contribution in [0.5, 0.6) is 0 Å². The highest BCUT2D eigenvalue weighted by Crippen LogP contribution is 2.17. The van der Waals surface area contributed by atoms with E-state index in [9.17, 15) is 4.39 Å². The zero-order valence-corrected chi connectivity index (χ0v) is 7.42. The molecule has 0 aliphatic carbocycles. The fourth-order valence-electron chi connectivity index (χ4n) is 1.49. The highest BCUT2D eigenvalue weighted by Gasteiger charge is 2.00. The first-order chi connectivity index (χ1) is 6.31. The molecule has 64 valence electrons. The van der Waals surface area contributed by atoms with E-state index in [4.69, 9.17) is 0 Å². The molecule has 0 unspecified atom stereocenters. The summed E-state index contributed by atoms with van der Waals surface area (Å²) in [4.78, 5) is 4.11. The van der Waals surface area contributed by atoms with Crippen LogP contribution in [0.2, 0.25) is 0 Å². The molecule has 0 N–H and O–H groups in total. The number of benzene rings is 1. The first kappa shape index (κ1) is 8.23. The fraction of sp³-hybridized carbons (Fsp3) is 0.100. The molecule has 1 aromatic carbocycles. The van der Waals surface area contributed by atoms with Crippen molar-refractivity contribution in [2.75, 3.05) is 0 Å². The van der Waals surface area contributed by atoms with Gasteiger partial charge in [-0.05, 0) is 23.8 Å². The van der Waals surface area contributed by atoms with Gasteiger partial charge in [-0.1, -0.05) is 6.32 Å². The molecule has 0 radical (unpaired) electrons. The number of aromatic nitrogens is 1. The quantitative estimate of drug-likeness (QED) is 0.595. The van der Waals surface area contributed by atoms with Crippen LogP contribution in [-0.4, -0.2) is 12.8 Å². The van der Waals surface area contributed by atoms with E-state index in [0.29, 0.717) is 0 Å². The summed E-state index contributed by atoms with van der Waals surface area (Å²) < 4.78 is 12.8. The Morgan fingerprint density at radius 2 is 2.15 bits per heavy atom. The summed E-state index contributed by atoms with van der Waals surface area (Å²) in [6, 6.07) is 6.70. The number of halogens is 1. The van der Waals surface area contributed by atoms with Gasteiger partial charge >= 0.3 is 0 Å². The van der Waals surface area contributed by atoms with Crippen molar-refractivity contribution in [3.63, 3.8) is 0 Å². The van der Waals surface area contributed by atoms with E-state index in [1.54, 1.807) is 12.3 Å². The number of rotatable bonds is 1. The molecule has 0 fully saturated rings. The van der Waals surface area contributed by atoms with Gasteiger partial charge in [0.25, 0.3) is 0 Å². The van der Waals surface area contributed by atoms with Crippen LogP contribution in [0.1, 0.15) is 5.56 Å². The summed E-state index contributed by atoms with van der Waals surface area (Å²) in [6.45, 7) is 0. The zero-order valence-electron chi connectivity index (χ0n) is 7.42. The maximum atomic E-state index is 12.8. The average molecular weight is 173 g/mol. The van der Waals surface area contributed by atoms with Crippen LogP contribution in [0.25, 0.3) is 10.9 Å². The topological polar surface area (TPSA) is 12.9 Å². The lowest BCUT2D eigenvalue weighted by Gasteiger charge is -2.02. The smallest absolute Gasteiger partial charge is 0.125 e. The molecule has 2 aromatic rings. The molecule has 1 heterocycles. The number of pyridine rings is 1.